The molecule has 1 aromatic heterocycles. The first kappa shape index (κ1) is 24.8. The van der Waals surface area contributed by atoms with Gasteiger partial charge in [0, 0.05) is 11.9 Å². The van der Waals surface area contributed by atoms with Crippen molar-refractivity contribution >= 4 is 27.5 Å². The smallest absolute Gasteiger partial charge is 0.345 e. The van der Waals surface area contributed by atoms with Crippen LogP contribution in [0.1, 0.15) is 34.5 Å². The summed E-state index contributed by atoms with van der Waals surface area (Å²) in [5.74, 6) is -0.473. The average molecular weight is 495 g/mol. The first-order chi connectivity index (χ1) is 15.6. The lowest BCUT2D eigenvalue weighted by Gasteiger charge is -2.17. The molecule has 0 aliphatic carbocycles. The molecule has 0 aliphatic heterocycles. The lowest BCUT2D eigenvalue weighted by molar-refractivity contribution is -0.137. The van der Waals surface area contributed by atoms with E-state index >= 15 is 0 Å². The molecule has 3 rings (SSSR count). The number of nitrogens with zero attached hydrogens (tertiary/aromatic N) is 1. The number of hydrogen-bond acceptors (Lipinski definition) is 5. The summed E-state index contributed by atoms with van der Waals surface area (Å²) < 4.78 is 63.8. The second kappa shape index (κ2) is 10.4. The van der Waals surface area contributed by atoms with E-state index in [1.165, 1.54) is 36.5 Å². The lowest BCUT2D eigenvalue weighted by atomic mass is 10.0. The number of carbonyl (C=O) groups is 1. The highest BCUT2D eigenvalue weighted by Crippen LogP contribution is 2.31. The number of halogens is 3. The van der Waals surface area contributed by atoms with Gasteiger partial charge in [-0.1, -0.05) is 30.3 Å². The van der Waals surface area contributed by atoms with Gasteiger partial charge in [-0.15, -0.1) is 11.8 Å². The molecule has 10 heteroatoms. The quantitative estimate of drug-likeness (QED) is 0.438. The van der Waals surface area contributed by atoms with Gasteiger partial charge in [-0.2, -0.15) is 13.2 Å². The van der Waals surface area contributed by atoms with Crippen LogP contribution in [0.5, 0.6) is 0 Å². The summed E-state index contributed by atoms with van der Waals surface area (Å²) in [5.41, 5.74) is -0.262. The third-order valence-electron chi connectivity index (χ3n) is 4.77. The Kier molecular flexibility index (Phi) is 7.80. The van der Waals surface area contributed by atoms with E-state index in [1.54, 1.807) is 31.2 Å². The molecule has 174 valence electrons. The first-order valence-corrected chi connectivity index (χ1v) is 12.6. The van der Waals surface area contributed by atoms with Crippen molar-refractivity contribution in [3.05, 3.63) is 89.6 Å². The van der Waals surface area contributed by atoms with Gasteiger partial charge in [0.2, 0.25) is 0 Å². The zero-order chi connectivity index (χ0) is 24.1. The van der Waals surface area contributed by atoms with Crippen LogP contribution in [0, 0.1) is 0 Å². The van der Waals surface area contributed by atoms with Crippen molar-refractivity contribution in [1.29, 1.82) is 0 Å². The second-order valence-corrected chi connectivity index (χ2v) is 10.3. The van der Waals surface area contributed by atoms with Crippen molar-refractivity contribution < 1.29 is 26.4 Å². The molecule has 0 saturated carbocycles. The third-order valence-corrected chi connectivity index (χ3v) is 7.77. The Balaban J connectivity index is 1.68. The minimum absolute atomic E-state index is 0.139. The van der Waals surface area contributed by atoms with E-state index in [2.05, 4.69) is 10.3 Å². The number of carbonyl (C=O) groups excluding carboxylic acids is 1. The largest absolute Gasteiger partial charge is 0.416 e. The van der Waals surface area contributed by atoms with Crippen LogP contribution in [-0.4, -0.2) is 30.8 Å². The first-order valence-electron chi connectivity index (χ1n) is 9.91. The number of pyridine rings is 1. The van der Waals surface area contributed by atoms with Crippen LogP contribution in [0.3, 0.4) is 0 Å². The lowest BCUT2D eigenvalue weighted by Crippen LogP contribution is -2.27. The van der Waals surface area contributed by atoms with Crippen molar-refractivity contribution in [2.45, 2.75) is 29.1 Å². The number of hydrogen-bond donors (Lipinski definition) is 1. The van der Waals surface area contributed by atoms with Gasteiger partial charge in [0.25, 0.3) is 5.91 Å². The summed E-state index contributed by atoms with van der Waals surface area (Å²) in [6, 6.07) is 15.2. The molecule has 0 fully saturated rings. The van der Waals surface area contributed by atoms with Gasteiger partial charge in [0.1, 0.15) is 5.03 Å². The number of benzene rings is 2. The van der Waals surface area contributed by atoms with E-state index in [0.717, 1.165) is 23.9 Å². The van der Waals surface area contributed by atoms with Crippen LogP contribution in [0.25, 0.3) is 0 Å². The standard InChI is InChI=1S/C23H21F3N2O3S2/c1-16(17-7-5-8-18(15-17)23(24,25)26)28-21(29)20-11-6-12-27-22(20)32-13-14-33(30,31)19-9-3-2-4-10-19/h2-12,15-16H,13-14H2,1H3,(H,28,29). The zero-order valence-corrected chi connectivity index (χ0v) is 19.2. The molecule has 1 amide bonds. The van der Waals surface area contributed by atoms with Gasteiger partial charge in [-0.3, -0.25) is 4.79 Å². The molecule has 1 N–H and O–H groups in total. The van der Waals surface area contributed by atoms with Crippen molar-refractivity contribution in [3.63, 3.8) is 0 Å². The van der Waals surface area contributed by atoms with Gasteiger partial charge < -0.3 is 5.32 Å². The third kappa shape index (κ3) is 6.58. The summed E-state index contributed by atoms with van der Waals surface area (Å²) in [4.78, 5) is 17.2. The molecule has 5 nitrogen and oxygen atoms in total. The molecule has 33 heavy (non-hydrogen) atoms. The maximum Gasteiger partial charge on any atom is 0.416 e. The molecule has 0 aliphatic rings. The van der Waals surface area contributed by atoms with Gasteiger partial charge in [0.15, 0.2) is 9.84 Å². The predicted molar refractivity (Wildman–Crippen MR) is 121 cm³/mol. The summed E-state index contributed by atoms with van der Waals surface area (Å²) >= 11 is 1.13. The van der Waals surface area contributed by atoms with Gasteiger partial charge >= 0.3 is 6.18 Å². The molecule has 3 aromatic rings. The maximum atomic E-state index is 13.0. The van der Waals surface area contributed by atoms with Crippen molar-refractivity contribution in [2.24, 2.45) is 0 Å². The fraction of sp³-hybridized carbons (Fsp3) is 0.217. The van der Waals surface area contributed by atoms with E-state index in [9.17, 15) is 26.4 Å². The number of thioether (sulfide) groups is 1. The summed E-state index contributed by atoms with van der Waals surface area (Å²) in [6.45, 7) is 1.59. The van der Waals surface area contributed by atoms with Crippen molar-refractivity contribution in [2.75, 3.05) is 11.5 Å². The van der Waals surface area contributed by atoms with Crippen LogP contribution >= 0.6 is 11.8 Å². The number of aromatic nitrogens is 1. The van der Waals surface area contributed by atoms with E-state index < -0.39 is 33.5 Å². The Morgan fingerprint density at radius 3 is 2.48 bits per heavy atom. The topological polar surface area (TPSA) is 76.1 Å². The van der Waals surface area contributed by atoms with Gasteiger partial charge in [-0.05, 0) is 48.9 Å². The molecular weight excluding hydrogens is 473 g/mol. The SMILES string of the molecule is CC(NC(=O)c1cccnc1SCCS(=O)(=O)c1ccccc1)c1cccc(C(F)(F)F)c1. The number of alkyl halides is 3. The molecule has 2 aromatic carbocycles. The minimum Gasteiger partial charge on any atom is -0.345 e. The highest BCUT2D eigenvalue weighted by Gasteiger charge is 2.31. The molecule has 1 unspecified atom stereocenters. The van der Waals surface area contributed by atoms with E-state index in [1.807, 2.05) is 0 Å². The van der Waals surface area contributed by atoms with Crippen LogP contribution < -0.4 is 5.32 Å². The zero-order valence-electron chi connectivity index (χ0n) is 17.5. The van der Waals surface area contributed by atoms with Crippen LogP contribution in [0.15, 0.2) is 82.8 Å². The van der Waals surface area contributed by atoms with Gasteiger partial charge in [0.05, 0.1) is 27.8 Å². The second-order valence-electron chi connectivity index (χ2n) is 7.15. The van der Waals surface area contributed by atoms with Crippen molar-refractivity contribution in [1.82, 2.24) is 10.3 Å². The predicted octanol–water partition coefficient (Wildman–Crippen LogP) is 5.16. The number of amides is 1. The number of sulfone groups is 1. The Labute approximate surface area is 194 Å². The Morgan fingerprint density at radius 2 is 1.79 bits per heavy atom. The van der Waals surface area contributed by atoms with E-state index in [0.29, 0.717) is 10.6 Å². The van der Waals surface area contributed by atoms with Crippen LogP contribution in [0.4, 0.5) is 13.2 Å². The fourth-order valence-electron chi connectivity index (χ4n) is 3.01. The molecule has 1 heterocycles. The minimum atomic E-state index is -4.48. The maximum absolute atomic E-state index is 13.0. The fourth-order valence-corrected chi connectivity index (χ4v) is 5.68. The number of nitrogens with one attached hydrogen (secondary N) is 1. The molecule has 0 saturated heterocycles. The summed E-state index contributed by atoms with van der Waals surface area (Å²) in [7, 11) is -3.48. The van der Waals surface area contributed by atoms with E-state index in [-0.39, 0.29) is 22.0 Å². The number of rotatable bonds is 8. The van der Waals surface area contributed by atoms with Crippen LogP contribution in [-0.2, 0) is 16.0 Å². The molecule has 0 radical (unpaired) electrons. The molecule has 0 spiro atoms. The summed E-state index contributed by atoms with van der Waals surface area (Å²) in [5, 5.41) is 3.03. The van der Waals surface area contributed by atoms with Crippen LogP contribution in [0.2, 0.25) is 0 Å². The van der Waals surface area contributed by atoms with Gasteiger partial charge in [-0.25, -0.2) is 13.4 Å². The highest BCUT2D eigenvalue weighted by atomic mass is 32.2. The molecular formula is C23H21F3N2O3S2. The summed E-state index contributed by atoms with van der Waals surface area (Å²) in [6.07, 6.45) is -2.99. The average Bonchev–Trinajstić information content (AvgIpc) is 2.79. The van der Waals surface area contributed by atoms with E-state index in [4.69, 9.17) is 0 Å². The normalized spacial score (nSPS) is 12.8. The molecule has 0 bridgehead atoms. The highest BCUT2D eigenvalue weighted by molar-refractivity contribution is 8.00. The Morgan fingerprint density at radius 1 is 1.06 bits per heavy atom. The Bertz CT molecular complexity index is 1220. The monoisotopic (exact) mass is 494 g/mol. The Hall–Kier alpha value is -2.85. The van der Waals surface area contributed by atoms with Crippen molar-refractivity contribution in [3.8, 4) is 0 Å². The molecule has 1 atom stereocenters.